The summed E-state index contributed by atoms with van der Waals surface area (Å²) in [6, 6.07) is 6.41. The predicted octanol–water partition coefficient (Wildman–Crippen LogP) is 5.12. The van der Waals surface area contributed by atoms with Crippen LogP contribution in [0.1, 0.15) is 33.4 Å². The first-order valence-electron chi connectivity index (χ1n) is 7.19. The summed E-state index contributed by atoms with van der Waals surface area (Å²) in [5, 5.41) is 3.36. The number of rotatable bonds is 6. The lowest BCUT2D eigenvalue weighted by atomic mass is 10.1. The summed E-state index contributed by atoms with van der Waals surface area (Å²) in [5.41, 5.74) is 3.70. The van der Waals surface area contributed by atoms with Crippen molar-refractivity contribution in [1.29, 1.82) is 0 Å². The topological polar surface area (TPSA) is 21.3 Å². The molecule has 0 radical (unpaired) electrons. The molecule has 0 amide bonds. The van der Waals surface area contributed by atoms with Crippen LogP contribution in [0.15, 0.2) is 22.7 Å². The van der Waals surface area contributed by atoms with Crippen molar-refractivity contribution >= 4 is 27.3 Å². The largest absolute Gasteiger partial charge is 0.489 e. The molecule has 21 heavy (non-hydrogen) atoms. The Labute approximate surface area is 139 Å². The van der Waals surface area contributed by atoms with E-state index in [1.54, 1.807) is 0 Å². The van der Waals surface area contributed by atoms with Crippen molar-refractivity contribution in [2.75, 3.05) is 6.54 Å². The summed E-state index contributed by atoms with van der Waals surface area (Å²) in [7, 11) is 0. The summed E-state index contributed by atoms with van der Waals surface area (Å²) in [6.45, 7) is 11.1. The van der Waals surface area contributed by atoms with E-state index in [9.17, 15) is 0 Å². The molecule has 2 rings (SSSR count). The molecule has 0 aliphatic rings. The molecule has 0 saturated carbocycles. The van der Waals surface area contributed by atoms with Crippen LogP contribution in [0.5, 0.6) is 5.75 Å². The van der Waals surface area contributed by atoms with Crippen molar-refractivity contribution in [3.63, 3.8) is 0 Å². The Balaban J connectivity index is 2.04. The number of benzene rings is 1. The van der Waals surface area contributed by atoms with Gasteiger partial charge in [-0.25, -0.2) is 0 Å². The van der Waals surface area contributed by atoms with E-state index in [1.165, 1.54) is 26.4 Å². The minimum Gasteiger partial charge on any atom is -0.489 e. The van der Waals surface area contributed by atoms with Gasteiger partial charge in [-0.3, -0.25) is 0 Å². The van der Waals surface area contributed by atoms with Crippen LogP contribution in [0.2, 0.25) is 0 Å². The van der Waals surface area contributed by atoms with Crippen LogP contribution in [0.4, 0.5) is 0 Å². The molecule has 1 heterocycles. The molecule has 0 aliphatic carbocycles. The molecule has 1 N–H and O–H groups in total. The lowest BCUT2D eigenvalue weighted by molar-refractivity contribution is 0.305. The highest BCUT2D eigenvalue weighted by atomic mass is 79.9. The van der Waals surface area contributed by atoms with E-state index in [1.807, 2.05) is 11.3 Å². The number of thiophene rings is 1. The molecule has 0 atom stereocenters. The lowest BCUT2D eigenvalue weighted by Crippen LogP contribution is -2.10. The number of ether oxygens (including phenoxy) is 1. The fourth-order valence-corrected chi connectivity index (χ4v) is 3.46. The molecule has 2 nitrogen and oxygen atoms in total. The monoisotopic (exact) mass is 367 g/mol. The van der Waals surface area contributed by atoms with Crippen molar-refractivity contribution in [2.45, 2.75) is 40.8 Å². The molecule has 0 unspecified atom stereocenters. The molecule has 0 bridgehead atoms. The van der Waals surface area contributed by atoms with Gasteiger partial charge in [-0.05, 0) is 56.6 Å². The Morgan fingerprint density at radius 1 is 1.14 bits per heavy atom. The van der Waals surface area contributed by atoms with Gasteiger partial charge >= 0.3 is 0 Å². The molecule has 4 heteroatoms. The minimum absolute atomic E-state index is 0.634. The lowest BCUT2D eigenvalue weighted by Gasteiger charge is -2.10. The van der Waals surface area contributed by atoms with Gasteiger partial charge in [0.25, 0.3) is 0 Å². The van der Waals surface area contributed by atoms with Crippen molar-refractivity contribution in [2.24, 2.45) is 0 Å². The van der Waals surface area contributed by atoms with Crippen molar-refractivity contribution in [3.05, 3.63) is 49.1 Å². The average Bonchev–Trinajstić information content (AvgIpc) is 2.80. The zero-order valence-corrected chi connectivity index (χ0v) is 15.5. The van der Waals surface area contributed by atoms with Gasteiger partial charge in [-0.2, -0.15) is 0 Å². The van der Waals surface area contributed by atoms with Crippen LogP contribution in [-0.2, 0) is 13.2 Å². The molecule has 114 valence electrons. The number of hydrogen-bond donors (Lipinski definition) is 1. The van der Waals surface area contributed by atoms with Gasteiger partial charge in [0.2, 0.25) is 0 Å². The van der Waals surface area contributed by atoms with E-state index >= 15 is 0 Å². The second-order valence-corrected chi connectivity index (χ2v) is 7.37. The van der Waals surface area contributed by atoms with Crippen LogP contribution in [0.3, 0.4) is 0 Å². The van der Waals surface area contributed by atoms with E-state index < -0.39 is 0 Å². The Bertz CT molecular complexity index is 598. The average molecular weight is 368 g/mol. The summed E-state index contributed by atoms with van der Waals surface area (Å²) in [5.74, 6) is 0.937. The highest BCUT2D eigenvalue weighted by Crippen LogP contribution is 2.28. The fraction of sp³-hybridized carbons (Fsp3) is 0.412. The van der Waals surface area contributed by atoms with Crippen LogP contribution in [0, 0.1) is 20.8 Å². The van der Waals surface area contributed by atoms with Gasteiger partial charge in [0.15, 0.2) is 0 Å². The molecule has 2 aromatic rings. The molecule has 0 spiro atoms. The molecule has 1 aromatic carbocycles. The number of halogens is 1. The molecule has 0 saturated heterocycles. The van der Waals surface area contributed by atoms with Crippen molar-refractivity contribution in [3.8, 4) is 5.75 Å². The summed E-state index contributed by atoms with van der Waals surface area (Å²) in [6.07, 6.45) is 0. The third-order valence-electron chi connectivity index (χ3n) is 3.43. The van der Waals surface area contributed by atoms with E-state index in [2.05, 4.69) is 67.1 Å². The van der Waals surface area contributed by atoms with Gasteiger partial charge in [0.1, 0.15) is 12.4 Å². The Kier molecular flexibility index (Phi) is 5.85. The maximum Gasteiger partial charge on any atom is 0.120 e. The van der Waals surface area contributed by atoms with Gasteiger partial charge in [-0.1, -0.05) is 22.9 Å². The number of aryl methyl sites for hydroxylation is 3. The Morgan fingerprint density at radius 3 is 2.43 bits per heavy atom. The SMILES string of the molecule is CCNCc1cc(COc2cc(C)c(Br)c(C)c2)c(C)s1. The third-order valence-corrected chi connectivity index (χ3v) is 5.77. The zero-order chi connectivity index (χ0) is 15.4. The quantitative estimate of drug-likeness (QED) is 0.764. The Morgan fingerprint density at radius 2 is 1.81 bits per heavy atom. The van der Waals surface area contributed by atoms with Crippen molar-refractivity contribution in [1.82, 2.24) is 5.32 Å². The number of nitrogens with one attached hydrogen (secondary N) is 1. The zero-order valence-electron chi connectivity index (χ0n) is 13.0. The van der Waals surface area contributed by atoms with E-state index in [0.717, 1.165) is 23.3 Å². The first-order valence-corrected chi connectivity index (χ1v) is 8.80. The number of hydrogen-bond acceptors (Lipinski definition) is 3. The normalized spacial score (nSPS) is 10.9. The van der Waals surface area contributed by atoms with Gasteiger partial charge < -0.3 is 10.1 Å². The van der Waals surface area contributed by atoms with E-state index in [0.29, 0.717) is 6.61 Å². The smallest absolute Gasteiger partial charge is 0.120 e. The standard InChI is InChI=1S/C17H22BrNOS/c1-5-19-9-16-8-14(13(4)21-16)10-20-15-6-11(2)17(18)12(3)7-15/h6-8,19H,5,9-10H2,1-4H3. The van der Waals surface area contributed by atoms with Crippen LogP contribution in [-0.4, -0.2) is 6.54 Å². The van der Waals surface area contributed by atoms with Gasteiger partial charge in [0.05, 0.1) is 0 Å². The van der Waals surface area contributed by atoms with Crippen LogP contribution < -0.4 is 10.1 Å². The third kappa shape index (κ3) is 4.31. The maximum absolute atomic E-state index is 5.97. The second-order valence-electron chi connectivity index (χ2n) is 5.23. The van der Waals surface area contributed by atoms with E-state index in [4.69, 9.17) is 4.74 Å². The second kappa shape index (κ2) is 7.43. The molecule has 0 fully saturated rings. The highest BCUT2D eigenvalue weighted by molar-refractivity contribution is 9.10. The maximum atomic E-state index is 5.97. The van der Waals surface area contributed by atoms with Gasteiger partial charge in [0, 0.05) is 26.3 Å². The first-order chi connectivity index (χ1) is 10.0. The summed E-state index contributed by atoms with van der Waals surface area (Å²) in [4.78, 5) is 2.71. The van der Waals surface area contributed by atoms with Crippen LogP contribution in [0.25, 0.3) is 0 Å². The minimum atomic E-state index is 0.634. The highest BCUT2D eigenvalue weighted by Gasteiger charge is 2.08. The van der Waals surface area contributed by atoms with Crippen molar-refractivity contribution < 1.29 is 4.74 Å². The first kappa shape index (κ1) is 16.5. The predicted molar refractivity (Wildman–Crippen MR) is 94.4 cm³/mol. The van der Waals surface area contributed by atoms with Gasteiger partial charge in [-0.15, -0.1) is 11.3 Å². The molecular weight excluding hydrogens is 346 g/mol. The molecular formula is C17H22BrNOS. The van der Waals surface area contributed by atoms with E-state index in [-0.39, 0.29) is 0 Å². The van der Waals surface area contributed by atoms with Crippen LogP contribution >= 0.6 is 27.3 Å². The summed E-state index contributed by atoms with van der Waals surface area (Å²) < 4.78 is 7.13. The summed E-state index contributed by atoms with van der Waals surface area (Å²) >= 11 is 5.44. The molecule has 0 aliphatic heterocycles. The fourth-order valence-electron chi connectivity index (χ4n) is 2.22. The molecule has 1 aromatic heterocycles. The Hall–Kier alpha value is -0.840.